The Balaban J connectivity index is 1.65. The molecule has 0 aromatic heterocycles. The number of hydrogen-bond acceptors (Lipinski definition) is 4. The summed E-state index contributed by atoms with van der Waals surface area (Å²) in [7, 11) is 1.72. The number of rotatable bonds is 9. The van der Waals surface area contributed by atoms with Crippen LogP contribution in [0.1, 0.15) is 61.9 Å². The van der Waals surface area contributed by atoms with Crippen LogP contribution in [-0.4, -0.2) is 28.6 Å². The average molecular weight is 660 g/mol. The standard InChI is InChI=1S/C46H45NO3/c1-7-31(32-17-10-9-11-18-32)26-33-19-16-24-35(34(33)8-2)41-36-20-12-14-22-38(36)42(39-23-15-13-21-37(39)41)43-44(48)30(5)40(45(49)46(43)50)25-28(3)29(4)27-47-6/h9-24,26-27,48-50H,7-8,25H2,1-6H3/b29-28+,31-26+,47-27?. The SMILES string of the molecule is CC/C(=C\c1cccc(-c2c3ccccc3c(-c3c(O)c(C)c(C/C(C)=C(\C)C=NC)c(O)c3O)c3ccccc23)c1CC)c1ccccc1. The summed E-state index contributed by atoms with van der Waals surface area (Å²) in [6.45, 7) is 10.1. The predicted molar refractivity (Wildman–Crippen MR) is 213 cm³/mol. The fourth-order valence-corrected chi connectivity index (χ4v) is 7.33. The van der Waals surface area contributed by atoms with E-state index in [1.807, 2.05) is 50.2 Å². The second-order valence-corrected chi connectivity index (χ2v) is 13.0. The maximum absolute atomic E-state index is 11.9. The number of aromatic hydroxyl groups is 3. The Labute approximate surface area is 295 Å². The highest BCUT2D eigenvalue weighted by molar-refractivity contribution is 6.23. The monoisotopic (exact) mass is 659 g/mol. The summed E-state index contributed by atoms with van der Waals surface area (Å²) < 4.78 is 0. The first-order chi connectivity index (χ1) is 24.2. The van der Waals surface area contributed by atoms with Crippen molar-refractivity contribution in [3.8, 4) is 39.5 Å². The summed E-state index contributed by atoms with van der Waals surface area (Å²) >= 11 is 0. The van der Waals surface area contributed by atoms with Gasteiger partial charge in [-0.3, -0.25) is 4.99 Å². The molecule has 4 nitrogen and oxygen atoms in total. The minimum absolute atomic E-state index is 0.0395. The van der Waals surface area contributed by atoms with Gasteiger partial charge in [-0.05, 0) is 106 Å². The largest absolute Gasteiger partial charge is 0.507 e. The van der Waals surface area contributed by atoms with E-state index in [-0.39, 0.29) is 22.8 Å². The number of fused-ring (bicyclic) bond motifs is 2. The second-order valence-electron chi connectivity index (χ2n) is 13.0. The van der Waals surface area contributed by atoms with Gasteiger partial charge in [0.05, 0.1) is 5.56 Å². The zero-order valence-corrected chi connectivity index (χ0v) is 29.8. The molecular formula is C46H45NO3. The quantitative estimate of drug-likeness (QED) is 0.0475. The van der Waals surface area contributed by atoms with Gasteiger partial charge in [-0.25, -0.2) is 0 Å². The lowest BCUT2D eigenvalue weighted by Crippen LogP contribution is -1.99. The van der Waals surface area contributed by atoms with Crippen molar-refractivity contribution in [1.82, 2.24) is 0 Å². The van der Waals surface area contributed by atoms with Gasteiger partial charge < -0.3 is 15.3 Å². The van der Waals surface area contributed by atoms with Gasteiger partial charge in [-0.2, -0.15) is 0 Å². The molecule has 0 aliphatic heterocycles. The van der Waals surface area contributed by atoms with E-state index >= 15 is 0 Å². The number of phenolic OH excluding ortho intramolecular Hbond substituents is 3. The first-order valence-corrected chi connectivity index (χ1v) is 17.4. The Morgan fingerprint density at radius 1 is 0.640 bits per heavy atom. The van der Waals surface area contributed by atoms with Crippen molar-refractivity contribution in [1.29, 1.82) is 0 Å². The molecule has 6 rings (SSSR count). The molecule has 4 heteroatoms. The van der Waals surface area contributed by atoms with Crippen LogP contribution in [-0.2, 0) is 12.8 Å². The predicted octanol–water partition coefficient (Wildman–Crippen LogP) is 11.8. The Kier molecular flexibility index (Phi) is 9.92. The summed E-state index contributed by atoms with van der Waals surface area (Å²) in [5.74, 6) is -0.580. The van der Waals surface area contributed by atoms with Crippen LogP contribution in [0.25, 0.3) is 55.4 Å². The van der Waals surface area contributed by atoms with E-state index in [1.54, 1.807) is 20.2 Å². The van der Waals surface area contributed by atoms with Crippen LogP contribution in [0, 0.1) is 6.92 Å². The minimum Gasteiger partial charge on any atom is -0.507 e. The molecule has 0 saturated carbocycles. The van der Waals surface area contributed by atoms with Crippen molar-refractivity contribution < 1.29 is 15.3 Å². The van der Waals surface area contributed by atoms with Crippen LogP contribution in [0.15, 0.2) is 113 Å². The lowest BCUT2D eigenvalue weighted by molar-refractivity contribution is 0.393. The molecule has 0 atom stereocenters. The highest BCUT2D eigenvalue weighted by atomic mass is 16.3. The Morgan fingerprint density at radius 3 is 1.78 bits per heavy atom. The molecule has 0 aliphatic carbocycles. The summed E-state index contributed by atoms with van der Waals surface area (Å²) in [6.07, 6.45) is 6.22. The molecule has 6 aromatic rings. The maximum atomic E-state index is 11.9. The molecule has 0 spiro atoms. The van der Waals surface area contributed by atoms with Crippen LogP contribution in [0.2, 0.25) is 0 Å². The van der Waals surface area contributed by atoms with E-state index in [2.05, 4.69) is 85.6 Å². The van der Waals surface area contributed by atoms with Crippen LogP contribution in [0.4, 0.5) is 0 Å². The normalized spacial score (nSPS) is 12.6. The smallest absolute Gasteiger partial charge is 0.169 e. The van der Waals surface area contributed by atoms with Gasteiger partial charge >= 0.3 is 0 Å². The van der Waals surface area contributed by atoms with Crippen molar-refractivity contribution in [2.45, 2.75) is 53.9 Å². The van der Waals surface area contributed by atoms with Crippen molar-refractivity contribution in [2.75, 3.05) is 7.05 Å². The molecule has 0 unspecified atom stereocenters. The number of phenols is 3. The Morgan fingerprint density at radius 2 is 1.22 bits per heavy atom. The number of benzene rings is 6. The van der Waals surface area contributed by atoms with Crippen molar-refractivity contribution in [2.24, 2.45) is 4.99 Å². The average Bonchev–Trinajstić information content (AvgIpc) is 3.14. The number of aliphatic imine (C=N–C) groups is 1. The van der Waals surface area contributed by atoms with Gasteiger partial charge in [0.15, 0.2) is 11.5 Å². The van der Waals surface area contributed by atoms with Gasteiger partial charge in [0.2, 0.25) is 0 Å². The molecule has 252 valence electrons. The fraction of sp³-hybridized carbons (Fsp3) is 0.196. The van der Waals surface area contributed by atoms with E-state index in [1.165, 1.54) is 22.3 Å². The van der Waals surface area contributed by atoms with Gasteiger partial charge in [0.1, 0.15) is 5.75 Å². The first-order valence-electron chi connectivity index (χ1n) is 17.4. The summed E-state index contributed by atoms with van der Waals surface area (Å²) in [4.78, 5) is 4.12. The molecule has 0 radical (unpaired) electrons. The van der Waals surface area contributed by atoms with Crippen molar-refractivity contribution in [3.05, 3.63) is 136 Å². The number of hydrogen-bond donors (Lipinski definition) is 3. The molecule has 6 aromatic carbocycles. The van der Waals surface area contributed by atoms with E-state index in [0.29, 0.717) is 23.1 Å². The maximum Gasteiger partial charge on any atom is 0.169 e. The van der Waals surface area contributed by atoms with Crippen molar-refractivity contribution in [3.63, 3.8) is 0 Å². The molecule has 3 N–H and O–H groups in total. The summed E-state index contributed by atoms with van der Waals surface area (Å²) in [6, 6.07) is 33.5. The second kappa shape index (κ2) is 14.5. The molecule has 0 bridgehead atoms. The molecule has 0 amide bonds. The van der Waals surface area contributed by atoms with Crippen LogP contribution in [0.5, 0.6) is 17.2 Å². The zero-order valence-electron chi connectivity index (χ0n) is 29.8. The Hall–Kier alpha value is -5.61. The van der Waals surface area contributed by atoms with E-state index in [4.69, 9.17) is 0 Å². The van der Waals surface area contributed by atoms with Crippen molar-refractivity contribution >= 4 is 39.4 Å². The highest BCUT2D eigenvalue weighted by Gasteiger charge is 2.27. The number of nitrogens with zero attached hydrogens (tertiary/aromatic N) is 1. The Bertz CT molecular complexity index is 2240. The fourth-order valence-electron chi connectivity index (χ4n) is 7.33. The molecule has 0 aliphatic rings. The van der Waals surface area contributed by atoms with Gasteiger partial charge in [-0.15, -0.1) is 0 Å². The zero-order chi connectivity index (χ0) is 35.5. The van der Waals surface area contributed by atoms with Gasteiger partial charge in [0.25, 0.3) is 0 Å². The van der Waals surface area contributed by atoms with Gasteiger partial charge in [-0.1, -0.05) is 123 Å². The summed E-state index contributed by atoms with van der Waals surface area (Å²) in [5.41, 5.74) is 11.1. The van der Waals surface area contributed by atoms with E-state index < -0.39 is 0 Å². The third-order valence-electron chi connectivity index (χ3n) is 10.1. The van der Waals surface area contributed by atoms with Gasteiger partial charge in [0, 0.05) is 24.4 Å². The van der Waals surface area contributed by atoms with Crippen LogP contribution in [0.3, 0.4) is 0 Å². The summed E-state index contributed by atoms with van der Waals surface area (Å²) in [5, 5.41) is 39.0. The molecule has 0 saturated heterocycles. The lowest BCUT2D eigenvalue weighted by atomic mass is 9.82. The topological polar surface area (TPSA) is 73.1 Å². The van der Waals surface area contributed by atoms with E-state index in [9.17, 15) is 15.3 Å². The van der Waals surface area contributed by atoms with Crippen LogP contribution >= 0.6 is 0 Å². The third kappa shape index (κ3) is 6.07. The number of allylic oxidation sites excluding steroid dienone is 3. The lowest BCUT2D eigenvalue weighted by Gasteiger charge is -2.23. The third-order valence-corrected chi connectivity index (χ3v) is 10.1. The van der Waals surface area contributed by atoms with Crippen LogP contribution < -0.4 is 0 Å². The first kappa shape index (κ1) is 34.3. The molecular weight excluding hydrogens is 615 g/mol. The molecule has 0 heterocycles. The molecule has 50 heavy (non-hydrogen) atoms. The van der Waals surface area contributed by atoms with E-state index in [0.717, 1.165) is 56.7 Å². The minimum atomic E-state index is -0.324. The molecule has 0 fully saturated rings. The highest BCUT2D eigenvalue weighted by Crippen LogP contribution is 2.53.